The summed E-state index contributed by atoms with van der Waals surface area (Å²) in [6.07, 6.45) is 2.47. The predicted octanol–water partition coefficient (Wildman–Crippen LogP) is 4.11. The van der Waals surface area contributed by atoms with Crippen LogP contribution < -0.4 is 19.5 Å². The number of rotatable bonds is 14. The summed E-state index contributed by atoms with van der Waals surface area (Å²) in [4.78, 5) is 39.8. The fourth-order valence-electron chi connectivity index (χ4n) is 2.92. The lowest BCUT2D eigenvalue weighted by Crippen LogP contribution is -2.41. The number of hydrogen-bond donors (Lipinski definition) is 1. The molecule has 0 aliphatic carbocycles. The van der Waals surface area contributed by atoms with Gasteiger partial charge in [0.1, 0.15) is 17.9 Å². The van der Waals surface area contributed by atoms with Crippen LogP contribution in [0, 0.1) is 6.92 Å². The van der Waals surface area contributed by atoms with Crippen molar-refractivity contribution >= 4 is 17.8 Å². The molecule has 39 heavy (non-hydrogen) atoms. The van der Waals surface area contributed by atoms with E-state index in [0.717, 1.165) is 12.2 Å². The summed E-state index contributed by atoms with van der Waals surface area (Å²) in [5.41, 5.74) is 1.14. The number of ether oxygens (including phenoxy) is 6. The van der Waals surface area contributed by atoms with Gasteiger partial charge in [0, 0.05) is 33.6 Å². The van der Waals surface area contributed by atoms with Gasteiger partial charge in [0.05, 0.1) is 20.8 Å². The Morgan fingerprint density at radius 3 is 2.31 bits per heavy atom. The number of carbonyl (C=O) groups excluding carboxylic acids is 3. The molecule has 0 bridgehead atoms. The van der Waals surface area contributed by atoms with Crippen LogP contribution in [0.4, 0.5) is 0 Å². The third-order valence-corrected chi connectivity index (χ3v) is 5.06. The number of aromatic nitrogens is 1. The van der Waals surface area contributed by atoms with Gasteiger partial charge in [-0.25, -0.2) is 9.78 Å². The topological polar surface area (TPSA) is 132 Å². The Labute approximate surface area is 231 Å². The van der Waals surface area contributed by atoms with Crippen molar-refractivity contribution in [2.75, 3.05) is 34.2 Å². The van der Waals surface area contributed by atoms with E-state index in [0.29, 0.717) is 19.6 Å². The van der Waals surface area contributed by atoms with Crippen LogP contribution in [0.5, 0.6) is 17.2 Å². The number of hydrogen-bond acceptors (Lipinski definition) is 10. The zero-order valence-corrected chi connectivity index (χ0v) is 23.8. The maximum absolute atomic E-state index is 12.6. The Hall–Kier alpha value is -3.86. The maximum atomic E-state index is 12.6. The number of pyridine rings is 1. The van der Waals surface area contributed by atoms with Crippen molar-refractivity contribution in [3.8, 4) is 17.2 Å². The number of nitrogens with zero attached hydrogens (tertiary/aromatic N) is 1. The normalized spacial score (nSPS) is 11.7. The van der Waals surface area contributed by atoms with Gasteiger partial charge in [-0.15, -0.1) is 0 Å². The molecule has 11 heteroatoms. The van der Waals surface area contributed by atoms with Crippen molar-refractivity contribution in [2.24, 2.45) is 0 Å². The SMILES string of the molecule is CCCOCC[C@H](C)OC(=O)[C@H](C)NC(=O)c1nccc(OC)c1OCOC(C)=O.COc1ccc(C)cc1.[HH]. The molecule has 2 rings (SSSR count). The van der Waals surface area contributed by atoms with Gasteiger partial charge in [0.25, 0.3) is 5.91 Å². The largest absolute Gasteiger partial charge is 0.497 e. The molecule has 1 aromatic carbocycles. The first-order valence-electron chi connectivity index (χ1n) is 12.6. The molecule has 0 saturated heterocycles. The first-order valence-corrected chi connectivity index (χ1v) is 12.6. The molecule has 0 radical (unpaired) electrons. The first kappa shape index (κ1) is 33.2. The van der Waals surface area contributed by atoms with Gasteiger partial charge >= 0.3 is 11.9 Å². The minimum absolute atomic E-state index is 0. The molecule has 2 aromatic rings. The van der Waals surface area contributed by atoms with Crippen molar-refractivity contribution in [1.29, 1.82) is 0 Å². The summed E-state index contributed by atoms with van der Waals surface area (Å²) in [5, 5.41) is 2.52. The van der Waals surface area contributed by atoms with Gasteiger partial charge in [-0.1, -0.05) is 24.6 Å². The number of amides is 1. The number of carbonyl (C=O) groups is 3. The van der Waals surface area contributed by atoms with E-state index in [4.69, 9.17) is 28.4 Å². The van der Waals surface area contributed by atoms with Crippen LogP contribution in [0.3, 0.4) is 0 Å². The lowest BCUT2D eigenvalue weighted by Gasteiger charge is -2.18. The molecular formula is C28H42N2O9. The molecule has 0 fully saturated rings. The lowest BCUT2D eigenvalue weighted by molar-refractivity contribution is -0.151. The summed E-state index contributed by atoms with van der Waals surface area (Å²) >= 11 is 0. The number of methoxy groups -OCH3 is 2. The highest BCUT2D eigenvalue weighted by Gasteiger charge is 2.24. The minimum Gasteiger partial charge on any atom is -0.497 e. The number of benzene rings is 1. The van der Waals surface area contributed by atoms with Gasteiger partial charge in [-0.2, -0.15) is 0 Å². The van der Waals surface area contributed by atoms with Crippen LogP contribution >= 0.6 is 0 Å². The monoisotopic (exact) mass is 550 g/mol. The minimum atomic E-state index is -0.925. The highest BCUT2D eigenvalue weighted by molar-refractivity contribution is 5.98. The molecule has 0 saturated carbocycles. The molecule has 2 atom stereocenters. The van der Waals surface area contributed by atoms with E-state index in [1.807, 2.05) is 31.2 Å². The quantitative estimate of drug-likeness (QED) is 0.208. The molecular weight excluding hydrogens is 508 g/mol. The second-order valence-corrected chi connectivity index (χ2v) is 8.45. The zero-order chi connectivity index (χ0) is 29.2. The molecule has 0 unspecified atom stereocenters. The van der Waals surface area contributed by atoms with E-state index in [2.05, 4.69) is 17.2 Å². The van der Waals surface area contributed by atoms with Gasteiger partial charge in [-0.05, 0) is 39.3 Å². The molecule has 0 spiro atoms. The Balaban J connectivity index is 0.00000128. The van der Waals surface area contributed by atoms with E-state index in [9.17, 15) is 14.4 Å². The molecule has 1 heterocycles. The van der Waals surface area contributed by atoms with E-state index in [1.54, 1.807) is 14.0 Å². The van der Waals surface area contributed by atoms with Crippen molar-refractivity contribution in [2.45, 2.75) is 59.6 Å². The fourth-order valence-corrected chi connectivity index (χ4v) is 2.92. The van der Waals surface area contributed by atoms with E-state index in [-0.39, 0.29) is 24.7 Å². The summed E-state index contributed by atoms with van der Waals surface area (Å²) in [5.74, 6) is -0.680. The second kappa shape index (κ2) is 18.4. The Bertz CT molecular complexity index is 1030. The smallest absolute Gasteiger partial charge is 0.328 e. The van der Waals surface area contributed by atoms with Crippen molar-refractivity contribution in [3.05, 3.63) is 47.8 Å². The highest BCUT2D eigenvalue weighted by Crippen LogP contribution is 2.29. The Morgan fingerprint density at radius 2 is 1.72 bits per heavy atom. The third-order valence-electron chi connectivity index (χ3n) is 5.06. The lowest BCUT2D eigenvalue weighted by atomic mass is 10.2. The molecule has 1 N–H and O–H groups in total. The second-order valence-electron chi connectivity index (χ2n) is 8.45. The van der Waals surface area contributed by atoms with Gasteiger partial charge in [-0.3, -0.25) is 9.59 Å². The van der Waals surface area contributed by atoms with Gasteiger partial charge in [0.15, 0.2) is 17.2 Å². The van der Waals surface area contributed by atoms with Crippen LogP contribution in [0.1, 0.15) is 58.0 Å². The van der Waals surface area contributed by atoms with E-state index >= 15 is 0 Å². The molecule has 1 aromatic heterocycles. The summed E-state index contributed by atoms with van der Waals surface area (Å²) in [6.45, 7) is 9.26. The molecule has 1 amide bonds. The summed E-state index contributed by atoms with van der Waals surface area (Å²) < 4.78 is 30.9. The highest BCUT2D eigenvalue weighted by atomic mass is 16.7. The van der Waals surface area contributed by atoms with Gasteiger partial charge < -0.3 is 33.7 Å². The number of esters is 2. The number of nitrogens with one attached hydrogen (secondary N) is 1. The Morgan fingerprint density at radius 1 is 1.03 bits per heavy atom. The number of aryl methyl sites for hydroxylation is 1. The first-order chi connectivity index (χ1) is 18.6. The molecule has 0 aliphatic heterocycles. The van der Waals surface area contributed by atoms with Crippen molar-refractivity contribution in [1.82, 2.24) is 10.3 Å². The standard InChI is InChI=1S/C20H30N2O8.C8H10O.H2/c1-6-10-27-11-8-13(2)30-20(25)14(3)22-19(24)17-18(29-12-28-15(4)23)16(26-5)7-9-21-17;1-7-3-5-8(9-2)6-4-7;/h7,9,13-14H,6,8,10-12H2,1-5H3,(H,22,24);3-6H,1-2H3;1H/t13-,14-;;/m0../s1. The maximum Gasteiger partial charge on any atom is 0.328 e. The van der Waals surface area contributed by atoms with E-state index < -0.39 is 30.7 Å². The van der Waals surface area contributed by atoms with Crippen LogP contribution in [-0.4, -0.2) is 69.2 Å². The van der Waals surface area contributed by atoms with Crippen LogP contribution in [-0.2, 0) is 23.8 Å². The fraction of sp³-hybridized carbons (Fsp3) is 0.500. The predicted molar refractivity (Wildman–Crippen MR) is 146 cm³/mol. The molecule has 0 aliphatic rings. The van der Waals surface area contributed by atoms with Crippen molar-refractivity contribution < 1.29 is 44.2 Å². The third kappa shape index (κ3) is 13.0. The van der Waals surface area contributed by atoms with Crippen LogP contribution in [0.25, 0.3) is 0 Å². The van der Waals surface area contributed by atoms with Crippen molar-refractivity contribution in [3.63, 3.8) is 0 Å². The van der Waals surface area contributed by atoms with Gasteiger partial charge in [0.2, 0.25) is 6.79 Å². The molecule has 218 valence electrons. The summed E-state index contributed by atoms with van der Waals surface area (Å²) in [6, 6.07) is 8.52. The average Bonchev–Trinajstić information content (AvgIpc) is 2.91. The van der Waals surface area contributed by atoms with Crippen LogP contribution in [0.2, 0.25) is 0 Å². The molecule has 11 nitrogen and oxygen atoms in total. The Kier molecular flexibility index (Phi) is 15.6. The summed E-state index contributed by atoms with van der Waals surface area (Å²) in [7, 11) is 3.06. The zero-order valence-electron chi connectivity index (χ0n) is 23.8. The van der Waals surface area contributed by atoms with Crippen LogP contribution in [0.15, 0.2) is 36.5 Å². The van der Waals surface area contributed by atoms with E-state index in [1.165, 1.54) is 38.8 Å². The average molecular weight is 551 g/mol.